The number of halogens is 1. The van der Waals surface area contributed by atoms with Gasteiger partial charge in [-0.05, 0) is 17.7 Å². The van der Waals surface area contributed by atoms with Crippen LogP contribution in [-0.4, -0.2) is 5.91 Å². The Kier molecular flexibility index (Phi) is 4.18. The Labute approximate surface area is 131 Å². The standard InChI is InChI=1S/C17H15FN2OS/c18-15-7-11(8-19)5-6-12(15)9-20-17(21)14-10-22-16-4-2-1-3-13(14)16/h1-7,10H,8-9,19H2,(H,20,21). The molecule has 112 valence electrons. The van der Waals surface area contributed by atoms with Gasteiger partial charge in [-0.2, -0.15) is 0 Å². The third kappa shape index (κ3) is 2.86. The third-order valence-corrected chi connectivity index (χ3v) is 4.48. The molecular formula is C17H15FN2OS. The topological polar surface area (TPSA) is 55.1 Å². The van der Waals surface area contributed by atoms with E-state index >= 15 is 0 Å². The lowest BCUT2D eigenvalue weighted by Gasteiger charge is -2.07. The minimum Gasteiger partial charge on any atom is -0.348 e. The minimum absolute atomic E-state index is 0.152. The molecule has 3 rings (SSSR count). The number of carbonyl (C=O) groups is 1. The van der Waals surface area contributed by atoms with Crippen molar-refractivity contribution in [3.8, 4) is 0 Å². The monoisotopic (exact) mass is 314 g/mol. The van der Waals surface area contributed by atoms with Crippen LogP contribution in [-0.2, 0) is 13.1 Å². The van der Waals surface area contributed by atoms with Gasteiger partial charge in [0, 0.05) is 34.1 Å². The van der Waals surface area contributed by atoms with E-state index in [1.165, 1.54) is 17.4 Å². The van der Waals surface area contributed by atoms with E-state index in [0.717, 1.165) is 15.6 Å². The van der Waals surface area contributed by atoms with Gasteiger partial charge in [0.15, 0.2) is 0 Å². The first-order valence-electron chi connectivity index (χ1n) is 6.91. The molecule has 3 nitrogen and oxygen atoms in total. The van der Waals surface area contributed by atoms with E-state index in [9.17, 15) is 9.18 Å². The summed E-state index contributed by atoms with van der Waals surface area (Å²) >= 11 is 1.52. The van der Waals surface area contributed by atoms with Gasteiger partial charge in [-0.3, -0.25) is 4.79 Å². The average Bonchev–Trinajstić information content (AvgIpc) is 2.97. The second-order valence-corrected chi connectivity index (χ2v) is 5.87. The van der Waals surface area contributed by atoms with Crippen LogP contribution in [0.15, 0.2) is 47.8 Å². The fourth-order valence-electron chi connectivity index (χ4n) is 2.29. The molecule has 0 aliphatic rings. The Hall–Kier alpha value is -2.24. The summed E-state index contributed by atoms with van der Waals surface area (Å²) in [5.74, 6) is -0.543. The highest BCUT2D eigenvalue weighted by Gasteiger charge is 2.12. The Morgan fingerprint density at radius 3 is 2.82 bits per heavy atom. The molecule has 1 heterocycles. The highest BCUT2D eigenvalue weighted by molar-refractivity contribution is 7.17. The van der Waals surface area contributed by atoms with Crippen LogP contribution in [0.3, 0.4) is 0 Å². The quantitative estimate of drug-likeness (QED) is 0.775. The van der Waals surface area contributed by atoms with Gasteiger partial charge in [-0.1, -0.05) is 30.3 Å². The summed E-state index contributed by atoms with van der Waals surface area (Å²) in [6, 6.07) is 12.6. The Bertz CT molecular complexity index is 828. The number of nitrogens with two attached hydrogens (primary N) is 1. The van der Waals surface area contributed by atoms with Crippen LogP contribution in [0.1, 0.15) is 21.5 Å². The van der Waals surface area contributed by atoms with Gasteiger partial charge in [0.2, 0.25) is 0 Å². The predicted octanol–water partition coefficient (Wildman–Crippen LogP) is 3.43. The zero-order valence-electron chi connectivity index (χ0n) is 11.8. The molecule has 0 spiro atoms. The molecule has 0 fully saturated rings. The summed E-state index contributed by atoms with van der Waals surface area (Å²) in [4.78, 5) is 12.3. The highest BCUT2D eigenvalue weighted by Crippen LogP contribution is 2.25. The molecule has 3 N–H and O–H groups in total. The summed E-state index contributed by atoms with van der Waals surface area (Å²) in [6.07, 6.45) is 0. The minimum atomic E-state index is -0.349. The summed E-state index contributed by atoms with van der Waals surface area (Å²) < 4.78 is 14.9. The second kappa shape index (κ2) is 6.25. The molecule has 1 amide bonds. The molecule has 0 atom stereocenters. The van der Waals surface area contributed by atoms with E-state index in [4.69, 9.17) is 5.73 Å². The first-order chi connectivity index (χ1) is 10.7. The number of benzene rings is 2. The lowest BCUT2D eigenvalue weighted by Crippen LogP contribution is -2.23. The summed E-state index contributed by atoms with van der Waals surface area (Å²) in [7, 11) is 0. The smallest absolute Gasteiger partial charge is 0.253 e. The molecule has 2 aromatic carbocycles. The number of hydrogen-bond acceptors (Lipinski definition) is 3. The Morgan fingerprint density at radius 1 is 1.23 bits per heavy atom. The number of carbonyl (C=O) groups excluding carboxylic acids is 1. The Balaban J connectivity index is 1.75. The van der Waals surface area contributed by atoms with Gasteiger partial charge in [-0.25, -0.2) is 4.39 Å². The van der Waals surface area contributed by atoms with E-state index in [1.54, 1.807) is 12.1 Å². The van der Waals surface area contributed by atoms with Crippen molar-refractivity contribution in [2.45, 2.75) is 13.1 Å². The van der Waals surface area contributed by atoms with Crippen molar-refractivity contribution in [1.82, 2.24) is 5.32 Å². The van der Waals surface area contributed by atoms with Gasteiger partial charge < -0.3 is 11.1 Å². The van der Waals surface area contributed by atoms with E-state index in [0.29, 0.717) is 17.7 Å². The summed E-state index contributed by atoms with van der Waals surface area (Å²) in [5, 5.41) is 5.52. The van der Waals surface area contributed by atoms with Crippen molar-refractivity contribution < 1.29 is 9.18 Å². The fourth-order valence-corrected chi connectivity index (χ4v) is 3.23. The van der Waals surface area contributed by atoms with Crippen LogP contribution >= 0.6 is 11.3 Å². The van der Waals surface area contributed by atoms with Crippen molar-refractivity contribution >= 4 is 27.3 Å². The molecule has 0 unspecified atom stereocenters. The fraction of sp³-hybridized carbons (Fsp3) is 0.118. The van der Waals surface area contributed by atoms with Crippen LogP contribution in [0, 0.1) is 5.82 Å². The molecule has 5 heteroatoms. The van der Waals surface area contributed by atoms with Crippen molar-refractivity contribution in [2.24, 2.45) is 5.73 Å². The maximum atomic E-state index is 13.9. The van der Waals surface area contributed by atoms with E-state index < -0.39 is 0 Å². The molecule has 0 radical (unpaired) electrons. The van der Waals surface area contributed by atoms with Crippen LogP contribution in [0.2, 0.25) is 0 Å². The molecule has 0 aliphatic carbocycles. The van der Waals surface area contributed by atoms with E-state index in [1.807, 2.05) is 29.6 Å². The van der Waals surface area contributed by atoms with Crippen LogP contribution in [0.5, 0.6) is 0 Å². The predicted molar refractivity (Wildman–Crippen MR) is 87.3 cm³/mol. The van der Waals surface area contributed by atoms with Gasteiger partial charge in [0.25, 0.3) is 5.91 Å². The lowest BCUT2D eigenvalue weighted by molar-refractivity contribution is 0.0952. The highest BCUT2D eigenvalue weighted by atomic mass is 32.1. The Morgan fingerprint density at radius 2 is 2.05 bits per heavy atom. The normalized spacial score (nSPS) is 10.8. The van der Waals surface area contributed by atoms with Gasteiger partial charge in [0.1, 0.15) is 5.82 Å². The zero-order chi connectivity index (χ0) is 15.5. The number of nitrogens with one attached hydrogen (secondary N) is 1. The molecule has 0 bridgehead atoms. The zero-order valence-corrected chi connectivity index (χ0v) is 12.6. The van der Waals surface area contributed by atoms with Crippen LogP contribution < -0.4 is 11.1 Å². The maximum Gasteiger partial charge on any atom is 0.253 e. The lowest BCUT2D eigenvalue weighted by atomic mass is 10.1. The maximum absolute atomic E-state index is 13.9. The first-order valence-corrected chi connectivity index (χ1v) is 7.79. The van der Waals surface area contributed by atoms with Crippen molar-refractivity contribution in [2.75, 3.05) is 0 Å². The molecule has 1 aromatic heterocycles. The number of rotatable bonds is 4. The van der Waals surface area contributed by atoms with Crippen LogP contribution in [0.4, 0.5) is 4.39 Å². The third-order valence-electron chi connectivity index (χ3n) is 3.52. The van der Waals surface area contributed by atoms with Gasteiger partial charge in [0.05, 0.1) is 5.56 Å². The molecular weight excluding hydrogens is 299 g/mol. The van der Waals surface area contributed by atoms with Crippen LogP contribution in [0.25, 0.3) is 10.1 Å². The molecule has 0 saturated carbocycles. The SMILES string of the molecule is NCc1ccc(CNC(=O)c2csc3ccccc23)c(F)c1. The first kappa shape index (κ1) is 14.7. The number of amides is 1. The molecule has 22 heavy (non-hydrogen) atoms. The van der Waals surface area contributed by atoms with E-state index in [2.05, 4.69) is 5.32 Å². The van der Waals surface area contributed by atoms with E-state index in [-0.39, 0.29) is 18.3 Å². The van der Waals surface area contributed by atoms with Crippen molar-refractivity contribution in [3.05, 3.63) is 70.4 Å². The second-order valence-electron chi connectivity index (χ2n) is 4.96. The molecule has 0 aliphatic heterocycles. The van der Waals surface area contributed by atoms with Crippen molar-refractivity contribution in [1.29, 1.82) is 0 Å². The summed E-state index contributed by atoms with van der Waals surface area (Å²) in [6.45, 7) is 0.449. The van der Waals surface area contributed by atoms with Gasteiger partial charge in [-0.15, -0.1) is 11.3 Å². The van der Waals surface area contributed by atoms with Gasteiger partial charge >= 0.3 is 0 Å². The largest absolute Gasteiger partial charge is 0.348 e. The average molecular weight is 314 g/mol. The number of fused-ring (bicyclic) bond motifs is 1. The number of thiophene rings is 1. The van der Waals surface area contributed by atoms with Crippen molar-refractivity contribution in [3.63, 3.8) is 0 Å². The molecule has 0 saturated heterocycles. The summed E-state index contributed by atoms with van der Waals surface area (Å²) in [5.41, 5.74) is 7.28. The molecule has 3 aromatic rings. The number of hydrogen-bond donors (Lipinski definition) is 2.